The van der Waals surface area contributed by atoms with E-state index >= 15 is 0 Å². The van der Waals surface area contributed by atoms with Crippen molar-refractivity contribution in [2.75, 3.05) is 0 Å². The van der Waals surface area contributed by atoms with E-state index in [0.29, 0.717) is 0 Å². The monoisotopic (exact) mass is 188 g/mol. The number of aromatic hydroxyl groups is 2. The molecule has 2 N–H and O–H groups in total. The van der Waals surface area contributed by atoms with Gasteiger partial charge < -0.3 is 10.2 Å². The van der Waals surface area contributed by atoms with Crippen molar-refractivity contribution < 1.29 is 10.2 Å². The molecule has 0 amide bonds. The Hall–Kier alpha value is -1.70. The van der Waals surface area contributed by atoms with Gasteiger partial charge in [0.1, 0.15) is 11.5 Å². The molecule has 2 rings (SSSR count). The standard InChI is InChI=1S/C12H12O2/c1-2-8-5-9-7-10(13)3-4-11(9)12(14)6-8/h3-7,13-14H,2H2,1H3. The zero-order valence-electron chi connectivity index (χ0n) is 7.99. The molecule has 2 aromatic carbocycles. The summed E-state index contributed by atoms with van der Waals surface area (Å²) in [6.45, 7) is 2.03. The summed E-state index contributed by atoms with van der Waals surface area (Å²) in [5.41, 5.74) is 1.07. The van der Waals surface area contributed by atoms with E-state index in [9.17, 15) is 10.2 Å². The average molecular weight is 188 g/mol. The van der Waals surface area contributed by atoms with Crippen LogP contribution in [-0.4, -0.2) is 10.2 Å². The van der Waals surface area contributed by atoms with Gasteiger partial charge in [0.15, 0.2) is 0 Å². The highest BCUT2D eigenvalue weighted by molar-refractivity contribution is 5.89. The quantitative estimate of drug-likeness (QED) is 0.722. The largest absolute Gasteiger partial charge is 0.508 e. The molecule has 2 nitrogen and oxygen atoms in total. The van der Waals surface area contributed by atoms with Gasteiger partial charge in [0, 0.05) is 5.39 Å². The fourth-order valence-electron chi connectivity index (χ4n) is 1.60. The molecule has 0 heterocycles. The molecule has 72 valence electrons. The lowest BCUT2D eigenvalue weighted by Crippen LogP contribution is -1.81. The molecule has 0 saturated heterocycles. The Kier molecular flexibility index (Phi) is 2.04. The van der Waals surface area contributed by atoms with Crippen molar-refractivity contribution in [3.05, 3.63) is 35.9 Å². The molecule has 0 saturated carbocycles. The van der Waals surface area contributed by atoms with Crippen molar-refractivity contribution in [1.29, 1.82) is 0 Å². The molecule has 0 unspecified atom stereocenters. The Morgan fingerprint density at radius 2 is 1.86 bits per heavy atom. The normalized spacial score (nSPS) is 10.6. The number of aryl methyl sites for hydroxylation is 1. The fraction of sp³-hybridized carbons (Fsp3) is 0.167. The molecular formula is C12H12O2. The van der Waals surface area contributed by atoms with Gasteiger partial charge in [-0.1, -0.05) is 13.0 Å². The lowest BCUT2D eigenvalue weighted by molar-refractivity contribution is 0.475. The number of phenolic OH excluding ortho intramolecular Hbond substituents is 2. The van der Waals surface area contributed by atoms with Crippen molar-refractivity contribution in [3.8, 4) is 11.5 Å². The van der Waals surface area contributed by atoms with Crippen molar-refractivity contribution in [3.63, 3.8) is 0 Å². The van der Waals surface area contributed by atoms with Crippen LogP contribution in [0.1, 0.15) is 12.5 Å². The second kappa shape index (κ2) is 3.22. The number of phenols is 2. The van der Waals surface area contributed by atoms with Crippen molar-refractivity contribution in [1.82, 2.24) is 0 Å². The minimum atomic E-state index is 0.227. The summed E-state index contributed by atoms with van der Waals surface area (Å²) in [5.74, 6) is 0.504. The SMILES string of the molecule is CCc1cc(O)c2ccc(O)cc2c1. The summed E-state index contributed by atoms with van der Waals surface area (Å²) in [6.07, 6.45) is 0.874. The Morgan fingerprint density at radius 3 is 2.57 bits per heavy atom. The van der Waals surface area contributed by atoms with Crippen LogP contribution in [0.2, 0.25) is 0 Å². The second-order valence-corrected chi connectivity index (χ2v) is 3.37. The Labute approximate surface area is 82.4 Å². The summed E-state index contributed by atoms with van der Waals surface area (Å²) < 4.78 is 0. The van der Waals surface area contributed by atoms with Gasteiger partial charge in [0.05, 0.1) is 0 Å². The van der Waals surface area contributed by atoms with E-state index in [1.807, 2.05) is 13.0 Å². The molecular weight excluding hydrogens is 176 g/mol. The molecule has 0 aromatic heterocycles. The van der Waals surface area contributed by atoms with Crippen LogP contribution < -0.4 is 0 Å². The van der Waals surface area contributed by atoms with E-state index in [1.54, 1.807) is 24.3 Å². The van der Waals surface area contributed by atoms with Gasteiger partial charge in [-0.2, -0.15) is 0 Å². The number of fused-ring (bicyclic) bond motifs is 1. The van der Waals surface area contributed by atoms with E-state index in [2.05, 4.69) is 0 Å². The summed E-state index contributed by atoms with van der Waals surface area (Å²) in [6, 6.07) is 8.70. The summed E-state index contributed by atoms with van der Waals surface area (Å²) in [5, 5.41) is 20.6. The summed E-state index contributed by atoms with van der Waals surface area (Å²) in [4.78, 5) is 0. The first-order chi connectivity index (χ1) is 6.70. The van der Waals surface area contributed by atoms with E-state index < -0.39 is 0 Å². The number of hydrogen-bond donors (Lipinski definition) is 2. The molecule has 0 bridgehead atoms. The van der Waals surface area contributed by atoms with Crippen LogP contribution in [0.5, 0.6) is 11.5 Å². The Balaban J connectivity index is 2.77. The predicted octanol–water partition coefficient (Wildman–Crippen LogP) is 2.81. The summed E-state index contributed by atoms with van der Waals surface area (Å²) >= 11 is 0. The van der Waals surface area contributed by atoms with Gasteiger partial charge in [-0.05, 0) is 41.6 Å². The van der Waals surface area contributed by atoms with Gasteiger partial charge in [-0.25, -0.2) is 0 Å². The zero-order chi connectivity index (χ0) is 10.1. The second-order valence-electron chi connectivity index (χ2n) is 3.37. The Bertz CT molecular complexity index is 475. The van der Waals surface area contributed by atoms with Gasteiger partial charge in [-0.3, -0.25) is 0 Å². The Morgan fingerprint density at radius 1 is 1.07 bits per heavy atom. The van der Waals surface area contributed by atoms with Crippen LogP contribution in [0.3, 0.4) is 0 Å². The molecule has 2 heteroatoms. The third-order valence-corrected chi connectivity index (χ3v) is 2.38. The molecule has 14 heavy (non-hydrogen) atoms. The van der Waals surface area contributed by atoms with Gasteiger partial charge in [0.2, 0.25) is 0 Å². The minimum absolute atomic E-state index is 0.227. The van der Waals surface area contributed by atoms with Gasteiger partial charge in [0.25, 0.3) is 0 Å². The van der Waals surface area contributed by atoms with Gasteiger partial charge >= 0.3 is 0 Å². The number of benzene rings is 2. The maximum absolute atomic E-state index is 9.69. The van der Waals surface area contributed by atoms with Crippen molar-refractivity contribution in [2.24, 2.45) is 0 Å². The molecule has 0 atom stereocenters. The maximum Gasteiger partial charge on any atom is 0.123 e. The third-order valence-electron chi connectivity index (χ3n) is 2.38. The smallest absolute Gasteiger partial charge is 0.123 e. The van der Waals surface area contributed by atoms with E-state index in [1.165, 1.54) is 0 Å². The van der Waals surface area contributed by atoms with Crippen LogP contribution >= 0.6 is 0 Å². The first kappa shape index (κ1) is 8.88. The molecule has 0 aliphatic heterocycles. The van der Waals surface area contributed by atoms with E-state index in [0.717, 1.165) is 22.8 Å². The first-order valence-electron chi connectivity index (χ1n) is 4.65. The maximum atomic E-state index is 9.69. The van der Waals surface area contributed by atoms with E-state index in [4.69, 9.17) is 0 Å². The minimum Gasteiger partial charge on any atom is -0.508 e. The van der Waals surface area contributed by atoms with Crippen LogP contribution in [0.25, 0.3) is 10.8 Å². The highest BCUT2D eigenvalue weighted by Gasteiger charge is 2.02. The lowest BCUT2D eigenvalue weighted by Gasteiger charge is -2.04. The van der Waals surface area contributed by atoms with Crippen LogP contribution in [0, 0.1) is 0 Å². The predicted molar refractivity (Wildman–Crippen MR) is 56.7 cm³/mol. The highest BCUT2D eigenvalue weighted by atomic mass is 16.3. The third kappa shape index (κ3) is 1.39. The first-order valence-corrected chi connectivity index (χ1v) is 4.65. The zero-order valence-corrected chi connectivity index (χ0v) is 7.99. The lowest BCUT2D eigenvalue weighted by atomic mass is 10.0. The van der Waals surface area contributed by atoms with Crippen LogP contribution in [0.4, 0.5) is 0 Å². The molecule has 0 spiro atoms. The molecule has 0 aliphatic rings. The molecule has 0 radical (unpaired) electrons. The topological polar surface area (TPSA) is 40.5 Å². The summed E-state index contributed by atoms with van der Waals surface area (Å²) in [7, 11) is 0. The van der Waals surface area contributed by atoms with Crippen molar-refractivity contribution in [2.45, 2.75) is 13.3 Å². The highest BCUT2D eigenvalue weighted by Crippen LogP contribution is 2.29. The van der Waals surface area contributed by atoms with Gasteiger partial charge in [-0.15, -0.1) is 0 Å². The van der Waals surface area contributed by atoms with Crippen LogP contribution in [-0.2, 0) is 6.42 Å². The molecule has 0 fully saturated rings. The van der Waals surface area contributed by atoms with E-state index in [-0.39, 0.29) is 11.5 Å². The fourth-order valence-corrected chi connectivity index (χ4v) is 1.60. The number of hydrogen-bond acceptors (Lipinski definition) is 2. The van der Waals surface area contributed by atoms with Crippen LogP contribution in [0.15, 0.2) is 30.3 Å². The molecule has 0 aliphatic carbocycles. The number of rotatable bonds is 1. The van der Waals surface area contributed by atoms with Crippen molar-refractivity contribution >= 4 is 10.8 Å². The average Bonchev–Trinajstić information content (AvgIpc) is 2.16. The molecule has 2 aromatic rings.